The fraction of sp³-hybridized carbons (Fsp3) is 0.500. The van der Waals surface area contributed by atoms with Crippen LogP contribution in [-0.4, -0.2) is 8.76 Å². The first kappa shape index (κ1) is 10.8. The fourth-order valence-electron chi connectivity index (χ4n) is 2.57. The van der Waals surface area contributed by atoms with Gasteiger partial charge in [0.15, 0.2) is 0 Å². The lowest BCUT2D eigenvalue weighted by Crippen LogP contribution is -2.28. The van der Waals surface area contributed by atoms with E-state index in [0.29, 0.717) is 0 Å². The van der Waals surface area contributed by atoms with Crippen LogP contribution in [0.25, 0.3) is 0 Å². The van der Waals surface area contributed by atoms with Gasteiger partial charge in [0.2, 0.25) is 0 Å². The molecule has 0 saturated carbocycles. The Balaban J connectivity index is 2.49. The van der Waals surface area contributed by atoms with Gasteiger partial charge in [-0.15, -0.1) is 0 Å². The average molecular weight is 223 g/mol. The van der Waals surface area contributed by atoms with Crippen LogP contribution in [0.5, 0.6) is 0 Å². The molecule has 0 bridgehead atoms. The second-order valence-electron chi connectivity index (χ2n) is 4.14. The van der Waals surface area contributed by atoms with Gasteiger partial charge >= 0.3 is 0 Å². The zero-order valence-electron chi connectivity index (χ0n) is 8.86. The van der Waals surface area contributed by atoms with E-state index in [1.54, 1.807) is 0 Å². The summed E-state index contributed by atoms with van der Waals surface area (Å²) in [7, 11) is 0. The van der Waals surface area contributed by atoms with Crippen molar-refractivity contribution in [2.75, 3.05) is 0 Å². The Morgan fingerprint density at radius 2 is 2.20 bits per heavy atom. The summed E-state index contributed by atoms with van der Waals surface area (Å²) >= 11 is -2.01. The molecule has 0 spiro atoms. The zero-order valence-corrected chi connectivity index (χ0v) is 9.68. The number of fused-ring (bicyclic) bond motifs is 1. The van der Waals surface area contributed by atoms with Crippen molar-refractivity contribution in [2.24, 2.45) is 0 Å². The number of benzene rings is 1. The Labute approximate surface area is 93.0 Å². The van der Waals surface area contributed by atoms with E-state index in [2.05, 4.69) is 0 Å². The Kier molecular flexibility index (Phi) is 2.94. The molecule has 0 N–H and O–H groups in total. The van der Waals surface area contributed by atoms with Gasteiger partial charge in [0.1, 0.15) is 0 Å². The minimum atomic E-state index is -2.01. The van der Waals surface area contributed by atoms with Gasteiger partial charge in [0.05, 0.1) is 4.75 Å². The van der Waals surface area contributed by atoms with Crippen LogP contribution in [0, 0.1) is 0 Å². The maximum absolute atomic E-state index is 11.5. The molecule has 1 aromatic rings. The van der Waals surface area contributed by atoms with Gasteiger partial charge in [-0.25, -0.2) is 0 Å². The molecule has 1 aliphatic carbocycles. The highest BCUT2D eigenvalue weighted by Gasteiger charge is 2.38. The molecule has 0 fully saturated rings. The molecular formula is C12H15O2S-. The molecule has 2 atom stereocenters. The van der Waals surface area contributed by atoms with Gasteiger partial charge in [0, 0.05) is 0 Å². The summed E-state index contributed by atoms with van der Waals surface area (Å²) < 4.78 is 22.3. The van der Waals surface area contributed by atoms with Crippen molar-refractivity contribution in [1.29, 1.82) is 0 Å². The van der Waals surface area contributed by atoms with E-state index >= 15 is 0 Å². The van der Waals surface area contributed by atoms with Gasteiger partial charge in [-0.05, 0) is 41.5 Å². The quantitative estimate of drug-likeness (QED) is 0.739. The van der Waals surface area contributed by atoms with Gasteiger partial charge in [-0.3, -0.25) is 4.21 Å². The van der Waals surface area contributed by atoms with Crippen molar-refractivity contribution < 1.29 is 8.76 Å². The molecule has 15 heavy (non-hydrogen) atoms. The molecule has 2 nitrogen and oxygen atoms in total. The lowest BCUT2D eigenvalue weighted by molar-refractivity contribution is 0.450. The van der Waals surface area contributed by atoms with Crippen LogP contribution in [0.4, 0.5) is 0 Å². The third-order valence-corrected chi connectivity index (χ3v) is 4.55. The summed E-state index contributed by atoms with van der Waals surface area (Å²) in [5.74, 6) is 0. The van der Waals surface area contributed by atoms with Gasteiger partial charge in [-0.2, -0.15) is 0 Å². The van der Waals surface area contributed by atoms with Crippen LogP contribution in [-0.2, 0) is 22.2 Å². The second kappa shape index (κ2) is 4.06. The first-order valence-electron chi connectivity index (χ1n) is 5.38. The molecule has 0 heterocycles. The van der Waals surface area contributed by atoms with E-state index in [1.165, 1.54) is 5.56 Å². The summed E-state index contributed by atoms with van der Waals surface area (Å²) in [6, 6.07) is 7.92. The fourth-order valence-corrected chi connectivity index (χ4v) is 3.59. The Hall–Kier alpha value is -0.670. The maximum atomic E-state index is 11.5. The Morgan fingerprint density at radius 3 is 2.87 bits per heavy atom. The van der Waals surface area contributed by atoms with Crippen molar-refractivity contribution >= 4 is 11.1 Å². The standard InChI is InChI=1S/C12H16O2S/c1-2-8-12(15(13)14)9-7-10-5-3-4-6-11(10)12/h3-6H,2,7-9H2,1H3,(H,13,14)/p-1. The molecule has 0 aromatic heterocycles. The molecule has 2 rings (SSSR count). The van der Waals surface area contributed by atoms with Crippen LogP contribution in [0.2, 0.25) is 0 Å². The number of hydrogen-bond acceptors (Lipinski definition) is 2. The summed E-state index contributed by atoms with van der Waals surface area (Å²) in [6.07, 6.45) is 3.28. The first-order valence-corrected chi connectivity index (χ1v) is 6.46. The molecule has 0 radical (unpaired) electrons. The normalized spacial score (nSPS) is 26.3. The number of aryl methyl sites for hydroxylation is 1. The van der Waals surface area contributed by atoms with Crippen molar-refractivity contribution in [3.05, 3.63) is 35.4 Å². The van der Waals surface area contributed by atoms with Gasteiger partial charge in [0.25, 0.3) is 0 Å². The summed E-state index contributed by atoms with van der Waals surface area (Å²) in [5.41, 5.74) is 2.23. The third kappa shape index (κ3) is 1.64. The van der Waals surface area contributed by atoms with Gasteiger partial charge < -0.3 is 4.55 Å². The van der Waals surface area contributed by atoms with Crippen molar-refractivity contribution in [1.82, 2.24) is 0 Å². The van der Waals surface area contributed by atoms with Crippen molar-refractivity contribution in [2.45, 2.75) is 37.4 Å². The predicted molar refractivity (Wildman–Crippen MR) is 60.3 cm³/mol. The molecule has 0 aliphatic heterocycles. The summed E-state index contributed by atoms with van der Waals surface area (Å²) in [5, 5.41) is 0. The monoisotopic (exact) mass is 223 g/mol. The van der Waals surface area contributed by atoms with E-state index in [4.69, 9.17) is 0 Å². The topological polar surface area (TPSA) is 40.1 Å². The van der Waals surface area contributed by atoms with E-state index < -0.39 is 15.8 Å². The van der Waals surface area contributed by atoms with Crippen molar-refractivity contribution in [3.63, 3.8) is 0 Å². The first-order chi connectivity index (χ1) is 7.20. The molecule has 0 saturated heterocycles. The van der Waals surface area contributed by atoms with Crippen LogP contribution in [0.15, 0.2) is 24.3 Å². The van der Waals surface area contributed by atoms with E-state index in [9.17, 15) is 8.76 Å². The van der Waals surface area contributed by atoms with Gasteiger partial charge in [-0.1, -0.05) is 37.6 Å². The lowest BCUT2D eigenvalue weighted by Gasteiger charge is -2.32. The third-order valence-electron chi connectivity index (χ3n) is 3.28. The average Bonchev–Trinajstić information content (AvgIpc) is 2.60. The highest BCUT2D eigenvalue weighted by molar-refractivity contribution is 7.80. The van der Waals surface area contributed by atoms with E-state index in [-0.39, 0.29) is 0 Å². The minimum Gasteiger partial charge on any atom is -0.772 e. The van der Waals surface area contributed by atoms with Crippen LogP contribution in [0.1, 0.15) is 37.3 Å². The molecule has 1 aliphatic rings. The maximum Gasteiger partial charge on any atom is 0.0581 e. The van der Waals surface area contributed by atoms with Crippen LogP contribution in [0.3, 0.4) is 0 Å². The number of rotatable bonds is 3. The highest BCUT2D eigenvalue weighted by atomic mass is 32.2. The molecular weight excluding hydrogens is 208 g/mol. The predicted octanol–water partition coefficient (Wildman–Crippen LogP) is 2.51. The molecule has 1 aromatic carbocycles. The zero-order chi connectivity index (χ0) is 10.9. The Bertz CT molecular complexity index is 385. The lowest BCUT2D eigenvalue weighted by atomic mass is 9.95. The van der Waals surface area contributed by atoms with E-state index in [1.807, 2.05) is 31.2 Å². The number of hydrogen-bond donors (Lipinski definition) is 0. The summed E-state index contributed by atoms with van der Waals surface area (Å²) in [4.78, 5) is 0. The molecule has 3 heteroatoms. The van der Waals surface area contributed by atoms with Crippen LogP contribution < -0.4 is 0 Å². The molecule has 82 valence electrons. The largest absolute Gasteiger partial charge is 0.772 e. The minimum absolute atomic E-state index is 0.606. The highest BCUT2D eigenvalue weighted by Crippen LogP contribution is 2.44. The van der Waals surface area contributed by atoms with Crippen LogP contribution >= 0.6 is 0 Å². The molecule has 2 unspecified atom stereocenters. The SMILES string of the molecule is CCCC1(S(=O)[O-])CCc2ccccc21. The Morgan fingerprint density at radius 1 is 1.47 bits per heavy atom. The molecule has 0 amide bonds. The van der Waals surface area contributed by atoms with Crippen molar-refractivity contribution in [3.8, 4) is 0 Å². The van der Waals surface area contributed by atoms with E-state index in [0.717, 1.165) is 31.2 Å². The smallest absolute Gasteiger partial charge is 0.0581 e. The summed E-state index contributed by atoms with van der Waals surface area (Å²) in [6.45, 7) is 2.04. The second-order valence-corrected chi connectivity index (χ2v) is 5.39.